The first-order valence-electron chi connectivity index (χ1n) is 4.72. The van der Waals surface area contributed by atoms with Crippen LogP contribution in [0.1, 0.15) is 18.0 Å². The zero-order valence-corrected chi connectivity index (χ0v) is 9.45. The molecule has 2 aromatic heterocycles. The van der Waals surface area contributed by atoms with Crippen LogP contribution in [0.25, 0.3) is 10.6 Å². The number of aromatic nitrogens is 3. The molecule has 0 aliphatic heterocycles. The molecular formula is C10H12N4S. The van der Waals surface area contributed by atoms with E-state index in [9.17, 15) is 0 Å². The Balaban J connectivity index is 2.28. The van der Waals surface area contributed by atoms with E-state index in [2.05, 4.69) is 27.4 Å². The van der Waals surface area contributed by atoms with Crippen molar-refractivity contribution in [3.63, 3.8) is 0 Å². The zero-order valence-electron chi connectivity index (χ0n) is 8.64. The minimum Gasteiger partial charge on any atom is -0.311 e. The standard InChI is InChI=1S/C10H12N4S/c1-7(11-2)9-13-14-10(15-9)8-3-5-12-6-4-8/h3-7,11H,1-2H3. The molecule has 0 saturated heterocycles. The number of rotatable bonds is 3. The second-order valence-electron chi connectivity index (χ2n) is 3.19. The van der Waals surface area contributed by atoms with Crippen LogP contribution in [0, 0.1) is 0 Å². The molecule has 2 aromatic rings. The van der Waals surface area contributed by atoms with E-state index in [4.69, 9.17) is 0 Å². The summed E-state index contributed by atoms with van der Waals surface area (Å²) in [5, 5.41) is 13.4. The largest absolute Gasteiger partial charge is 0.311 e. The van der Waals surface area contributed by atoms with Crippen molar-refractivity contribution in [2.45, 2.75) is 13.0 Å². The Morgan fingerprint density at radius 3 is 2.67 bits per heavy atom. The van der Waals surface area contributed by atoms with Crippen LogP contribution in [0.15, 0.2) is 24.5 Å². The highest BCUT2D eigenvalue weighted by atomic mass is 32.1. The topological polar surface area (TPSA) is 50.7 Å². The van der Waals surface area contributed by atoms with Crippen LogP contribution < -0.4 is 5.32 Å². The number of nitrogens with one attached hydrogen (secondary N) is 1. The van der Waals surface area contributed by atoms with Gasteiger partial charge in [0.15, 0.2) is 0 Å². The molecule has 1 atom stereocenters. The van der Waals surface area contributed by atoms with Gasteiger partial charge in [-0.2, -0.15) is 0 Å². The van der Waals surface area contributed by atoms with Gasteiger partial charge in [-0.15, -0.1) is 10.2 Å². The van der Waals surface area contributed by atoms with Crippen molar-refractivity contribution in [2.75, 3.05) is 7.05 Å². The summed E-state index contributed by atoms with van der Waals surface area (Å²) in [4.78, 5) is 3.97. The van der Waals surface area contributed by atoms with Crippen LogP contribution in [0.2, 0.25) is 0 Å². The fourth-order valence-electron chi connectivity index (χ4n) is 1.14. The lowest BCUT2D eigenvalue weighted by Gasteiger charge is -2.02. The van der Waals surface area contributed by atoms with E-state index in [1.54, 1.807) is 23.7 Å². The van der Waals surface area contributed by atoms with Crippen molar-refractivity contribution >= 4 is 11.3 Å². The Labute approximate surface area is 92.4 Å². The van der Waals surface area contributed by atoms with Gasteiger partial charge < -0.3 is 5.32 Å². The Morgan fingerprint density at radius 2 is 2.00 bits per heavy atom. The second-order valence-corrected chi connectivity index (χ2v) is 4.20. The van der Waals surface area contributed by atoms with Gasteiger partial charge in [-0.05, 0) is 26.1 Å². The highest BCUT2D eigenvalue weighted by molar-refractivity contribution is 7.14. The second kappa shape index (κ2) is 4.46. The summed E-state index contributed by atoms with van der Waals surface area (Å²) in [6.45, 7) is 2.07. The van der Waals surface area contributed by atoms with Crippen LogP contribution >= 0.6 is 11.3 Å². The molecule has 5 heteroatoms. The maximum absolute atomic E-state index is 4.16. The predicted molar refractivity (Wildman–Crippen MR) is 60.6 cm³/mol. The molecule has 78 valence electrons. The summed E-state index contributed by atoms with van der Waals surface area (Å²) < 4.78 is 0. The third kappa shape index (κ3) is 2.19. The van der Waals surface area contributed by atoms with E-state index < -0.39 is 0 Å². The summed E-state index contributed by atoms with van der Waals surface area (Å²) >= 11 is 1.61. The van der Waals surface area contributed by atoms with Gasteiger partial charge in [-0.25, -0.2) is 0 Å². The van der Waals surface area contributed by atoms with E-state index in [0.717, 1.165) is 15.6 Å². The molecule has 0 bridgehead atoms. The van der Waals surface area contributed by atoms with Crippen LogP contribution in [0.3, 0.4) is 0 Å². The molecule has 15 heavy (non-hydrogen) atoms. The molecule has 0 aromatic carbocycles. The first-order valence-corrected chi connectivity index (χ1v) is 5.54. The lowest BCUT2D eigenvalue weighted by molar-refractivity contribution is 0.640. The van der Waals surface area contributed by atoms with Gasteiger partial charge >= 0.3 is 0 Å². The monoisotopic (exact) mass is 220 g/mol. The normalized spacial score (nSPS) is 12.7. The molecule has 1 unspecified atom stereocenters. The Kier molecular flexibility index (Phi) is 3.03. The highest BCUT2D eigenvalue weighted by Crippen LogP contribution is 2.25. The van der Waals surface area contributed by atoms with Gasteiger partial charge in [0.2, 0.25) is 0 Å². The maximum atomic E-state index is 4.16. The minimum atomic E-state index is 0.248. The van der Waals surface area contributed by atoms with E-state index in [1.165, 1.54) is 0 Å². The van der Waals surface area contributed by atoms with E-state index in [0.29, 0.717) is 0 Å². The summed E-state index contributed by atoms with van der Waals surface area (Å²) in [7, 11) is 1.91. The molecule has 2 rings (SSSR count). The average molecular weight is 220 g/mol. The van der Waals surface area contributed by atoms with Gasteiger partial charge in [-0.3, -0.25) is 4.98 Å². The molecule has 0 aliphatic rings. The molecule has 0 amide bonds. The van der Waals surface area contributed by atoms with Gasteiger partial charge in [0.05, 0.1) is 6.04 Å². The zero-order chi connectivity index (χ0) is 10.7. The van der Waals surface area contributed by atoms with Crippen molar-refractivity contribution < 1.29 is 0 Å². The van der Waals surface area contributed by atoms with E-state index in [-0.39, 0.29) is 6.04 Å². The van der Waals surface area contributed by atoms with Crippen LogP contribution in [0.5, 0.6) is 0 Å². The predicted octanol–water partition coefficient (Wildman–Crippen LogP) is 1.88. The Morgan fingerprint density at radius 1 is 1.27 bits per heavy atom. The summed E-state index contributed by atoms with van der Waals surface area (Å²) in [5.41, 5.74) is 1.07. The maximum Gasteiger partial charge on any atom is 0.147 e. The van der Waals surface area contributed by atoms with E-state index >= 15 is 0 Å². The number of pyridine rings is 1. The minimum absolute atomic E-state index is 0.248. The average Bonchev–Trinajstić information content (AvgIpc) is 2.78. The Hall–Kier alpha value is -1.33. The molecule has 0 radical (unpaired) electrons. The van der Waals surface area contributed by atoms with Crippen LogP contribution in [-0.2, 0) is 0 Å². The van der Waals surface area contributed by atoms with Crippen molar-refractivity contribution in [1.29, 1.82) is 0 Å². The fourth-order valence-corrected chi connectivity index (χ4v) is 2.05. The molecule has 0 spiro atoms. The van der Waals surface area contributed by atoms with Crippen LogP contribution in [0.4, 0.5) is 0 Å². The van der Waals surface area contributed by atoms with Crippen molar-refractivity contribution in [3.05, 3.63) is 29.5 Å². The summed E-state index contributed by atoms with van der Waals surface area (Å²) in [6, 6.07) is 4.13. The molecule has 2 heterocycles. The van der Waals surface area contributed by atoms with Gasteiger partial charge in [0.1, 0.15) is 10.0 Å². The quantitative estimate of drug-likeness (QED) is 0.858. The van der Waals surface area contributed by atoms with Gasteiger partial charge in [0.25, 0.3) is 0 Å². The number of hydrogen-bond acceptors (Lipinski definition) is 5. The third-order valence-corrected chi connectivity index (χ3v) is 3.33. The lowest BCUT2D eigenvalue weighted by Crippen LogP contribution is -2.11. The summed E-state index contributed by atoms with van der Waals surface area (Å²) in [6.07, 6.45) is 3.52. The molecule has 0 aliphatic carbocycles. The lowest BCUT2D eigenvalue weighted by atomic mass is 10.3. The number of nitrogens with zero attached hydrogens (tertiary/aromatic N) is 3. The molecule has 1 N–H and O–H groups in total. The third-order valence-electron chi connectivity index (χ3n) is 2.17. The fraction of sp³-hybridized carbons (Fsp3) is 0.300. The highest BCUT2D eigenvalue weighted by Gasteiger charge is 2.10. The molecule has 4 nitrogen and oxygen atoms in total. The first kappa shape index (κ1) is 10.2. The van der Waals surface area contributed by atoms with Gasteiger partial charge in [0, 0.05) is 18.0 Å². The van der Waals surface area contributed by atoms with Crippen molar-refractivity contribution in [2.24, 2.45) is 0 Å². The van der Waals surface area contributed by atoms with Gasteiger partial charge in [-0.1, -0.05) is 11.3 Å². The van der Waals surface area contributed by atoms with Crippen LogP contribution in [-0.4, -0.2) is 22.2 Å². The molecular weight excluding hydrogens is 208 g/mol. The summed E-state index contributed by atoms with van der Waals surface area (Å²) in [5.74, 6) is 0. The van der Waals surface area contributed by atoms with Crippen molar-refractivity contribution in [1.82, 2.24) is 20.5 Å². The number of hydrogen-bond donors (Lipinski definition) is 1. The Bertz CT molecular complexity index is 426. The van der Waals surface area contributed by atoms with Crippen molar-refractivity contribution in [3.8, 4) is 10.6 Å². The molecule has 0 fully saturated rings. The molecule has 0 saturated carbocycles. The SMILES string of the molecule is CNC(C)c1nnc(-c2ccncc2)s1. The van der Waals surface area contributed by atoms with E-state index in [1.807, 2.05) is 19.2 Å². The smallest absolute Gasteiger partial charge is 0.147 e. The first-order chi connectivity index (χ1) is 7.31.